The summed E-state index contributed by atoms with van der Waals surface area (Å²) in [5.41, 5.74) is 6.17. The van der Waals surface area contributed by atoms with E-state index in [1.807, 2.05) is 42.1 Å². The van der Waals surface area contributed by atoms with Crippen molar-refractivity contribution < 1.29 is 19.5 Å². The van der Waals surface area contributed by atoms with Gasteiger partial charge in [0.15, 0.2) is 24.5 Å². The number of ether oxygens (including phenoxy) is 1. The molecule has 3 N–H and O–H groups in total. The number of hydrogen-bond acceptors (Lipinski definition) is 8. The lowest BCUT2D eigenvalue weighted by molar-refractivity contribution is -0.687. The van der Waals surface area contributed by atoms with Gasteiger partial charge in [0, 0.05) is 49.5 Å². The predicted octanol–water partition coefficient (Wildman–Crippen LogP) is 2.96. The summed E-state index contributed by atoms with van der Waals surface area (Å²) in [6, 6.07) is 12.3. The molecule has 0 amide bonds. The van der Waals surface area contributed by atoms with E-state index in [-0.39, 0.29) is 11.8 Å². The smallest absolute Gasteiger partial charge is 0.295 e. The summed E-state index contributed by atoms with van der Waals surface area (Å²) in [6.07, 6.45) is 6.20. The van der Waals surface area contributed by atoms with Gasteiger partial charge in [-0.05, 0) is 44.0 Å². The molecule has 212 valence electrons. The first-order chi connectivity index (χ1) is 20.0. The minimum atomic E-state index is 0.0900. The molecule has 0 unspecified atom stereocenters. The standard InChI is InChI=1S/C30H34N8O3/c1-20-2-7-28(39)25(32-20)19-37-27-16-21(3-6-23(27)33-29(37)31-9-11-35-12-14-41-15-13-35)17-36-10-8-26-24(18-36)34-30(40)38(26)22-4-5-22/h2-3,6-8,10,16,18,22H,4-5,9,11-15,17,19H2,1H3,(H2-,31,33,34,39,40)/p+1. The molecule has 41 heavy (non-hydrogen) atoms. The first kappa shape index (κ1) is 25.7. The molecule has 11 nitrogen and oxygen atoms in total. The zero-order valence-corrected chi connectivity index (χ0v) is 23.2. The van der Waals surface area contributed by atoms with Gasteiger partial charge in [0.25, 0.3) is 6.01 Å². The quantitative estimate of drug-likeness (QED) is 0.238. The molecule has 11 heteroatoms. The Morgan fingerprint density at radius 1 is 1.00 bits per heavy atom. The Bertz CT molecular complexity index is 1720. The Morgan fingerprint density at radius 3 is 2.68 bits per heavy atom. The van der Waals surface area contributed by atoms with E-state index in [4.69, 9.17) is 9.72 Å². The van der Waals surface area contributed by atoms with Crippen molar-refractivity contribution in [3.8, 4) is 11.8 Å². The van der Waals surface area contributed by atoms with E-state index in [2.05, 4.69) is 41.5 Å². The Hall–Kier alpha value is -4.22. The number of anilines is 1. The van der Waals surface area contributed by atoms with Gasteiger partial charge in [-0.3, -0.25) is 14.5 Å². The SMILES string of the molecule is Cc1ccc(O)c(Cn2c(NCCN3CCOCC3)nc3ccc(C[n+]4ccc5c(c4)nc(O)n5C4CC4)cc32)n1. The summed E-state index contributed by atoms with van der Waals surface area (Å²) >= 11 is 0. The van der Waals surface area contributed by atoms with Crippen LogP contribution >= 0.6 is 0 Å². The third kappa shape index (κ3) is 5.30. The second-order valence-electron chi connectivity index (χ2n) is 11.0. The van der Waals surface area contributed by atoms with Gasteiger partial charge in [-0.15, -0.1) is 0 Å². The van der Waals surface area contributed by atoms with Crippen molar-refractivity contribution in [3.05, 3.63) is 65.7 Å². The maximum Gasteiger partial charge on any atom is 0.295 e. The van der Waals surface area contributed by atoms with Crippen LogP contribution in [0.1, 0.15) is 35.8 Å². The molecule has 5 aromatic rings. The van der Waals surface area contributed by atoms with E-state index in [1.165, 1.54) is 0 Å². The molecule has 2 fully saturated rings. The molecule has 1 saturated carbocycles. The Morgan fingerprint density at radius 2 is 1.85 bits per heavy atom. The number of nitrogens with one attached hydrogen (secondary N) is 1. The summed E-state index contributed by atoms with van der Waals surface area (Å²) < 4.78 is 11.6. The van der Waals surface area contributed by atoms with E-state index >= 15 is 0 Å². The molecule has 4 aromatic heterocycles. The number of aromatic hydroxyl groups is 2. The number of nitrogens with zero attached hydrogens (tertiary/aromatic N) is 7. The third-order valence-electron chi connectivity index (χ3n) is 7.97. The van der Waals surface area contributed by atoms with Crippen LogP contribution in [0.15, 0.2) is 48.8 Å². The van der Waals surface area contributed by atoms with Crippen molar-refractivity contribution >= 4 is 28.0 Å². The fraction of sp³-hybridized carbons (Fsp3) is 0.400. The first-order valence-electron chi connectivity index (χ1n) is 14.3. The zero-order chi connectivity index (χ0) is 27.9. The van der Waals surface area contributed by atoms with Gasteiger partial charge in [-0.2, -0.15) is 9.55 Å². The molecule has 0 spiro atoms. The maximum atomic E-state index is 10.6. The summed E-state index contributed by atoms with van der Waals surface area (Å²) in [4.78, 5) is 16.3. The second kappa shape index (κ2) is 10.6. The van der Waals surface area contributed by atoms with Gasteiger partial charge in [-0.25, -0.2) is 4.98 Å². The summed E-state index contributed by atoms with van der Waals surface area (Å²) in [6.45, 7) is 8.03. The zero-order valence-electron chi connectivity index (χ0n) is 23.2. The van der Waals surface area contributed by atoms with Gasteiger partial charge in [0.2, 0.25) is 5.95 Å². The van der Waals surface area contributed by atoms with Crippen molar-refractivity contribution in [3.63, 3.8) is 0 Å². The highest BCUT2D eigenvalue weighted by molar-refractivity contribution is 5.80. The molecule has 0 radical (unpaired) electrons. The second-order valence-corrected chi connectivity index (χ2v) is 11.0. The third-order valence-corrected chi connectivity index (χ3v) is 7.97. The molecule has 1 aliphatic heterocycles. The maximum absolute atomic E-state index is 10.6. The molecule has 5 heterocycles. The van der Waals surface area contributed by atoms with Crippen LogP contribution in [0.2, 0.25) is 0 Å². The summed E-state index contributed by atoms with van der Waals surface area (Å²) in [7, 11) is 0. The van der Waals surface area contributed by atoms with Crippen molar-refractivity contribution in [2.75, 3.05) is 44.7 Å². The topological polar surface area (TPSA) is 117 Å². The Balaban J connectivity index is 1.18. The molecule has 2 aliphatic rings. The van der Waals surface area contributed by atoms with Crippen molar-refractivity contribution in [2.24, 2.45) is 0 Å². The van der Waals surface area contributed by atoms with Crippen LogP contribution in [0, 0.1) is 6.92 Å². The number of morpholine rings is 1. The number of imidazole rings is 2. The van der Waals surface area contributed by atoms with E-state index in [1.54, 1.807) is 6.07 Å². The fourth-order valence-corrected chi connectivity index (χ4v) is 5.66. The minimum Gasteiger partial charge on any atom is -0.506 e. The van der Waals surface area contributed by atoms with Gasteiger partial charge in [0.05, 0.1) is 36.3 Å². The van der Waals surface area contributed by atoms with Gasteiger partial charge in [-0.1, -0.05) is 6.07 Å². The average Bonchev–Trinajstić information content (AvgIpc) is 3.67. The van der Waals surface area contributed by atoms with Crippen LogP contribution < -0.4 is 9.88 Å². The highest BCUT2D eigenvalue weighted by atomic mass is 16.5. The lowest BCUT2D eigenvalue weighted by atomic mass is 10.2. The number of hydrogen-bond donors (Lipinski definition) is 3. The van der Waals surface area contributed by atoms with E-state index in [9.17, 15) is 10.2 Å². The molecule has 1 saturated heterocycles. The van der Waals surface area contributed by atoms with Crippen LogP contribution in [0.25, 0.3) is 22.1 Å². The van der Waals surface area contributed by atoms with Crippen LogP contribution in [0.4, 0.5) is 5.95 Å². The molecular formula is C30H35N8O3+. The number of benzene rings is 1. The van der Waals surface area contributed by atoms with Crippen LogP contribution in [-0.4, -0.2) is 78.6 Å². The first-order valence-corrected chi connectivity index (χ1v) is 14.3. The van der Waals surface area contributed by atoms with Crippen molar-refractivity contribution in [2.45, 2.75) is 38.9 Å². The fourth-order valence-electron chi connectivity index (χ4n) is 5.66. The van der Waals surface area contributed by atoms with Gasteiger partial charge < -0.3 is 24.8 Å². The largest absolute Gasteiger partial charge is 0.506 e. The molecule has 1 aromatic carbocycles. The normalized spacial score (nSPS) is 16.1. The monoisotopic (exact) mass is 555 g/mol. The van der Waals surface area contributed by atoms with Crippen molar-refractivity contribution in [1.29, 1.82) is 0 Å². The predicted molar refractivity (Wildman–Crippen MR) is 154 cm³/mol. The highest BCUT2D eigenvalue weighted by Gasteiger charge is 2.29. The number of rotatable bonds is 9. The van der Waals surface area contributed by atoms with E-state index in [0.29, 0.717) is 24.8 Å². The van der Waals surface area contributed by atoms with Gasteiger partial charge in [0.1, 0.15) is 11.4 Å². The Labute approximate surface area is 237 Å². The van der Waals surface area contributed by atoms with Gasteiger partial charge >= 0.3 is 0 Å². The number of fused-ring (bicyclic) bond motifs is 2. The summed E-state index contributed by atoms with van der Waals surface area (Å²) in [5.74, 6) is 0.925. The Kier molecular flexibility index (Phi) is 6.68. The molecule has 0 bridgehead atoms. The lowest BCUT2D eigenvalue weighted by Crippen LogP contribution is -2.39. The van der Waals surface area contributed by atoms with Crippen LogP contribution in [0.3, 0.4) is 0 Å². The molecule has 7 rings (SSSR count). The lowest BCUT2D eigenvalue weighted by Gasteiger charge is -2.26. The van der Waals surface area contributed by atoms with E-state index in [0.717, 1.165) is 91.5 Å². The van der Waals surface area contributed by atoms with Crippen molar-refractivity contribution in [1.82, 2.24) is 29.0 Å². The number of aryl methyl sites for hydroxylation is 1. The van der Waals surface area contributed by atoms with E-state index < -0.39 is 0 Å². The molecule has 0 atom stereocenters. The average molecular weight is 556 g/mol. The number of pyridine rings is 2. The molecular weight excluding hydrogens is 520 g/mol. The number of aromatic nitrogens is 6. The van der Waals surface area contributed by atoms with Crippen LogP contribution in [-0.2, 0) is 17.8 Å². The molecule has 1 aliphatic carbocycles. The van der Waals surface area contributed by atoms with Crippen LogP contribution in [0.5, 0.6) is 11.8 Å². The minimum absolute atomic E-state index is 0.0900. The summed E-state index contributed by atoms with van der Waals surface area (Å²) in [5, 5.41) is 24.5. The highest BCUT2D eigenvalue weighted by Crippen LogP contribution is 2.40.